The molecule has 0 unspecified atom stereocenters. The van der Waals surface area contributed by atoms with Crippen LogP contribution in [0.15, 0.2) is 42.6 Å². The maximum Gasteiger partial charge on any atom is 0.287 e. The van der Waals surface area contributed by atoms with Crippen LogP contribution in [0, 0.1) is 17.0 Å². The Kier molecular flexibility index (Phi) is 4.47. The highest BCUT2D eigenvalue weighted by molar-refractivity contribution is 5.84. The van der Waals surface area contributed by atoms with Gasteiger partial charge >= 0.3 is 0 Å². The number of aryl methyl sites for hydroxylation is 1. The highest BCUT2D eigenvalue weighted by Crippen LogP contribution is 2.24. The first-order chi connectivity index (χ1) is 12.0. The van der Waals surface area contributed by atoms with Crippen LogP contribution in [0.4, 0.5) is 17.3 Å². The maximum atomic E-state index is 10.8. The van der Waals surface area contributed by atoms with Crippen molar-refractivity contribution >= 4 is 28.2 Å². The van der Waals surface area contributed by atoms with Crippen molar-refractivity contribution in [1.82, 2.24) is 9.97 Å². The fourth-order valence-electron chi connectivity index (χ4n) is 2.63. The number of rotatable bonds is 5. The molecule has 0 fully saturated rings. The Morgan fingerprint density at radius 1 is 1.24 bits per heavy atom. The number of hydrogen-bond donors (Lipinski definition) is 1. The second-order valence-electron chi connectivity index (χ2n) is 6.02. The molecule has 0 aliphatic heterocycles. The number of pyridine rings is 2. The smallest absolute Gasteiger partial charge is 0.287 e. The summed E-state index contributed by atoms with van der Waals surface area (Å²) in [6, 6.07) is 11.5. The molecule has 7 heteroatoms. The SMILES string of the molecule is Cc1cc([N+](=O)[O-])cnc1NCc1cc(N(C)C)nc2ccccc12. The number of anilines is 2. The van der Waals surface area contributed by atoms with Gasteiger partial charge in [0, 0.05) is 32.1 Å². The lowest BCUT2D eigenvalue weighted by molar-refractivity contribution is -0.385. The number of nitro groups is 1. The lowest BCUT2D eigenvalue weighted by atomic mass is 10.1. The molecule has 0 radical (unpaired) electrons. The maximum absolute atomic E-state index is 10.8. The third kappa shape index (κ3) is 3.50. The topological polar surface area (TPSA) is 84.2 Å². The number of nitrogens with one attached hydrogen (secondary N) is 1. The molecule has 1 aromatic carbocycles. The largest absolute Gasteiger partial charge is 0.366 e. The number of fused-ring (bicyclic) bond motifs is 1. The summed E-state index contributed by atoms with van der Waals surface area (Å²) in [5, 5.41) is 15.2. The minimum atomic E-state index is -0.441. The van der Waals surface area contributed by atoms with E-state index in [2.05, 4.69) is 15.3 Å². The minimum Gasteiger partial charge on any atom is -0.366 e. The van der Waals surface area contributed by atoms with E-state index in [1.165, 1.54) is 12.3 Å². The Hall–Kier alpha value is -3.22. The summed E-state index contributed by atoms with van der Waals surface area (Å²) in [7, 11) is 3.91. The van der Waals surface area contributed by atoms with Gasteiger partial charge < -0.3 is 10.2 Å². The lowest BCUT2D eigenvalue weighted by Gasteiger charge is -2.16. The molecule has 2 aromatic heterocycles. The van der Waals surface area contributed by atoms with Gasteiger partial charge in [-0.1, -0.05) is 18.2 Å². The van der Waals surface area contributed by atoms with Gasteiger partial charge in [0.15, 0.2) is 0 Å². The number of para-hydroxylation sites is 1. The van der Waals surface area contributed by atoms with Crippen LogP contribution in [0.3, 0.4) is 0 Å². The molecule has 0 amide bonds. The van der Waals surface area contributed by atoms with Crippen molar-refractivity contribution in [2.75, 3.05) is 24.3 Å². The predicted molar refractivity (Wildman–Crippen MR) is 99.0 cm³/mol. The molecule has 128 valence electrons. The molecule has 0 aliphatic rings. The summed E-state index contributed by atoms with van der Waals surface area (Å²) in [4.78, 5) is 21.2. The summed E-state index contributed by atoms with van der Waals surface area (Å²) in [6.45, 7) is 2.35. The molecule has 3 aromatic rings. The van der Waals surface area contributed by atoms with Crippen LogP contribution < -0.4 is 10.2 Å². The molecule has 0 saturated heterocycles. The molecule has 0 spiro atoms. The molecule has 7 nitrogen and oxygen atoms in total. The van der Waals surface area contributed by atoms with Crippen molar-refractivity contribution in [3.63, 3.8) is 0 Å². The minimum absolute atomic E-state index is 0.00713. The third-order valence-electron chi connectivity index (χ3n) is 3.97. The second kappa shape index (κ2) is 6.72. The van der Waals surface area contributed by atoms with E-state index in [1.807, 2.05) is 49.3 Å². The molecule has 0 saturated carbocycles. The van der Waals surface area contributed by atoms with E-state index in [0.29, 0.717) is 12.4 Å². The van der Waals surface area contributed by atoms with E-state index >= 15 is 0 Å². The standard InChI is InChI=1S/C18H19N5O2/c1-12-8-14(23(24)25)11-20-18(12)19-10-13-9-17(22(2)3)21-16-7-5-4-6-15(13)16/h4-9,11H,10H2,1-3H3,(H,19,20). The molecule has 0 atom stereocenters. The number of nitrogens with zero attached hydrogens (tertiary/aromatic N) is 4. The average molecular weight is 337 g/mol. The first-order valence-electron chi connectivity index (χ1n) is 7.86. The van der Waals surface area contributed by atoms with Crippen molar-refractivity contribution < 1.29 is 4.92 Å². The summed E-state index contributed by atoms with van der Waals surface area (Å²) in [6.07, 6.45) is 1.27. The van der Waals surface area contributed by atoms with Crippen molar-refractivity contribution in [3.05, 3.63) is 63.8 Å². The highest BCUT2D eigenvalue weighted by Gasteiger charge is 2.11. The highest BCUT2D eigenvalue weighted by atomic mass is 16.6. The van der Waals surface area contributed by atoms with Gasteiger partial charge in [0.1, 0.15) is 17.8 Å². The van der Waals surface area contributed by atoms with Crippen LogP contribution in [-0.2, 0) is 6.54 Å². The molecule has 2 heterocycles. The zero-order valence-corrected chi connectivity index (χ0v) is 14.4. The fourth-order valence-corrected chi connectivity index (χ4v) is 2.63. The predicted octanol–water partition coefficient (Wildman–Crippen LogP) is 3.52. The quantitative estimate of drug-likeness (QED) is 0.566. The zero-order chi connectivity index (χ0) is 18.0. The van der Waals surface area contributed by atoms with Gasteiger partial charge in [-0.25, -0.2) is 9.97 Å². The van der Waals surface area contributed by atoms with Gasteiger partial charge in [0.25, 0.3) is 5.69 Å². The van der Waals surface area contributed by atoms with Crippen LogP contribution in [0.2, 0.25) is 0 Å². The molecular formula is C18H19N5O2. The Labute approximate surface area is 145 Å². The number of benzene rings is 1. The van der Waals surface area contributed by atoms with Gasteiger partial charge in [0.2, 0.25) is 0 Å². The Bertz CT molecular complexity index is 940. The van der Waals surface area contributed by atoms with Crippen LogP contribution in [0.25, 0.3) is 10.9 Å². The normalized spacial score (nSPS) is 10.7. The Morgan fingerprint density at radius 2 is 2.00 bits per heavy atom. The molecule has 0 aliphatic carbocycles. The summed E-state index contributed by atoms with van der Waals surface area (Å²) >= 11 is 0. The van der Waals surface area contributed by atoms with Crippen LogP contribution in [-0.4, -0.2) is 29.0 Å². The van der Waals surface area contributed by atoms with Crippen molar-refractivity contribution in [1.29, 1.82) is 0 Å². The average Bonchev–Trinajstić information content (AvgIpc) is 2.60. The molecule has 3 rings (SSSR count). The summed E-state index contributed by atoms with van der Waals surface area (Å²) in [5.74, 6) is 1.52. The van der Waals surface area contributed by atoms with Crippen molar-refractivity contribution in [2.45, 2.75) is 13.5 Å². The number of aromatic nitrogens is 2. The Morgan fingerprint density at radius 3 is 2.68 bits per heavy atom. The zero-order valence-electron chi connectivity index (χ0n) is 14.4. The van der Waals surface area contributed by atoms with Gasteiger partial charge in [-0.15, -0.1) is 0 Å². The van der Waals surface area contributed by atoms with Crippen LogP contribution in [0.5, 0.6) is 0 Å². The summed E-state index contributed by atoms with van der Waals surface area (Å²) in [5.41, 5.74) is 2.75. The second-order valence-corrected chi connectivity index (χ2v) is 6.02. The molecular weight excluding hydrogens is 318 g/mol. The van der Waals surface area contributed by atoms with E-state index in [4.69, 9.17) is 0 Å². The van der Waals surface area contributed by atoms with E-state index in [0.717, 1.165) is 27.8 Å². The van der Waals surface area contributed by atoms with Crippen molar-refractivity contribution in [3.8, 4) is 0 Å². The lowest BCUT2D eigenvalue weighted by Crippen LogP contribution is -2.12. The van der Waals surface area contributed by atoms with Crippen LogP contribution in [0.1, 0.15) is 11.1 Å². The molecule has 1 N–H and O–H groups in total. The van der Waals surface area contributed by atoms with Gasteiger partial charge in [-0.2, -0.15) is 0 Å². The van der Waals surface area contributed by atoms with Gasteiger partial charge in [-0.3, -0.25) is 10.1 Å². The third-order valence-corrected chi connectivity index (χ3v) is 3.97. The molecule has 0 bridgehead atoms. The molecule has 25 heavy (non-hydrogen) atoms. The summed E-state index contributed by atoms with van der Waals surface area (Å²) < 4.78 is 0. The van der Waals surface area contributed by atoms with E-state index in [9.17, 15) is 10.1 Å². The van der Waals surface area contributed by atoms with E-state index < -0.39 is 4.92 Å². The Balaban J connectivity index is 1.92. The van der Waals surface area contributed by atoms with Gasteiger partial charge in [0.05, 0.1) is 10.4 Å². The van der Waals surface area contributed by atoms with E-state index in [-0.39, 0.29) is 5.69 Å². The monoisotopic (exact) mass is 337 g/mol. The van der Waals surface area contributed by atoms with Crippen LogP contribution >= 0.6 is 0 Å². The van der Waals surface area contributed by atoms with Crippen molar-refractivity contribution in [2.24, 2.45) is 0 Å². The first kappa shape index (κ1) is 16.6. The fraction of sp³-hybridized carbons (Fsp3) is 0.222. The first-order valence-corrected chi connectivity index (χ1v) is 7.86. The van der Waals surface area contributed by atoms with Gasteiger partial charge in [-0.05, 0) is 30.2 Å². The number of hydrogen-bond acceptors (Lipinski definition) is 6. The van der Waals surface area contributed by atoms with E-state index in [1.54, 1.807) is 6.92 Å².